The Morgan fingerprint density at radius 2 is 1.50 bits per heavy atom. The summed E-state index contributed by atoms with van der Waals surface area (Å²) in [6.07, 6.45) is 0. The molecule has 0 saturated heterocycles. The summed E-state index contributed by atoms with van der Waals surface area (Å²) < 4.78 is 29.3. The van der Waals surface area contributed by atoms with Gasteiger partial charge in [-0.25, -0.2) is 0 Å². The second kappa shape index (κ2) is 3.91. The zero-order valence-electron chi connectivity index (χ0n) is 5.73. The van der Waals surface area contributed by atoms with E-state index in [1.165, 1.54) is 12.1 Å². The number of benzene rings is 1. The number of phenols is 1. The average Bonchev–Trinajstić information content (AvgIpc) is 1.86. The monoisotopic (exact) mass is 237 g/mol. The van der Waals surface area contributed by atoms with Crippen LogP contribution in [0.25, 0.3) is 0 Å². The van der Waals surface area contributed by atoms with Crippen LogP contribution in [0.3, 0.4) is 0 Å². The van der Waals surface area contributed by atoms with Crippen molar-refractivity contribution in [3.8, 4) is 5.75 Å². The molecule has 0 saturated carbocycles. The molecule has 12 heavy (non-hydrogen) atoms. The number of aromatic hydroxyl groups is 1. The summed E-state index contributed by atoms with van der Waals surface area (Å²) in [5.74, 6) is -0.0441. The summed E-state index contributed by atoms with van der Waals surface area (Å²) in [5, 5.41) is 8.75. The molecule has 0 bridgehead atoms. The number of hydrogen-bond donors (Lipinski definition) is 2. The molecule has 2 N–H and O–H groups in total. The zero-order chi connectivity index (χ0) is 8.48. The average molecular weight is 238 g/mol. The summed E-state index contributed by atoms with van der Waals surface area (Å²) in [7, 11) is -4.13. The van der Waals surface area contributed by atoms with Gasteiger partial charge in [0.2, 0.25) is 0 Å². The summed E-state index contributed by atoms with van der Waals surface area (Å²) in [4.78, 5) is -0.227. The standard InChI is InChI=1S/C6H6O4S.Cu/c7-5-1-3-6(4-2-5)11(8,9)10;/h1-4,7H,(H,8,9,10);. The summed E-state index contributed by atoms with van der Waals surface area (Å²) in [6, 6.07) is 4.60. The Bertz CT molecular complexity index is 342. The van der Waals surface area contributed by atoms with Gasteiger partial charge in [-0.05, 0) is 24.3 Å². The van der Waals surface area contributed by atoms with Crippen molar-refractivity contribution >= 4 is 10.1 Å². The molecule has 0 aliphatic rings. The van der Waals surface area contributed by atoms with Gasteiger partial charge in [-0.15, -0.1) is 0 Å². The maximum atomic E-state index is 10.4. The van der Waals surface area contributed by atoms with E-state index >= 15 is 0 Å². The fourth-order valence-corrected chi connectivity index (χ4v) is 1.10. The fourth-order valence-electron chi connectivity index (χ4n) is 0.618. The van der Waals surface area contributed by atoms with Gasteiger partial charge in [-0.2, -0.15) is 8.42 Å². The smallest absolute Gasteiger partial charge is 0.294 e. The second-order valence-electron chi connectivity index (χ2n) is 1.97. The Morgan fingerprint density at radius 3 is 1.83 bits per heavy atom. The molecule has 0 atom stereocenters. The first-order chi connectivity index (χ1) is 5.00. The third-order valence-electron chi connectivity index (χ3n) is 1.13. The molecule has 0 aromatic heterocycles. The number of hydrogen-bond acceptors (Lipinski definition) is 3. The van der Waals surface area contributed by atoms with Gasteiger partial charge in [0.15, 0.2) is 0 Å². The molecule has 0 fully saturated rings. The molecule has 0 heterocycles. The molecular weight excluding hydrogens is 232 g/mol. The summed E-state index contributed by atoms with van der Waals surface area (Å²) in [6.45, 7) is 0. The van der Waals surface area contributed by atoms with Gasteiger partial charge in [0.05, 0.1) is 4.90 Å². The van der Waals surface area contributed by atoms with Crippen LogP contribution in [0.1, 0.15) is 0 Å². The quantitative estimate of drug-likeness (QED) is 0.555. The van der Waals surface area contributed by atoms with Crippen LogP contribution in [0, 0.1) is 0 Å². The Labute approximate surface area is 80.4 Å². The van der Waals surface area contributed by atoms with Crippen molar-refractivity contribution in [3.05, 3.63) is 24.3 Å². The molecule has 0 aliphatic heterocycles. The minimum Gasteiger partial charge on any atom is -0.508 e. The Hall–Kier alpha value is -0.551. The minimum atomic E-state index is -4.13. The van der Waals surface area contributed by atoms with E-state index in [1.807, 2.05) is 0 Å². The molecule has 1 aromatic carbocycles. The Kier molecular flexibility index (Phi) is 3.73. The predicted molar refractivity (Wildman–Crippen MR) is 37.9 cm³/mol. The van der Waals surface area contributed by atoms with Gasteiger partial charge in [-0.3, -0.25) is 4.55 Å². The molecule has 0 spiro atoms. The maximum Gasteiger partial charge on any atom is 0.294 e. The molecule has 4 nitrogen and oxygen atoms in total. The van der Waals surface area contributed by atoms with Crippen LogP contribution in [0.2, 0.25) is 0 Å². The second-order valence-corrected chi connectivity index (χ2v) is 3.39. The van der Waals surface area contributed by atoms with E-state index in [9.17, 15) is 8.42 Å². The normalized spacial score (nSPS) is 10.4. The van der Waals surface area contributed by atoms with E-state index in [2.05, 4.69) is 0 Å². The SMILES string of the molecule is O=S(=O)(O)c1ccc(O)cc1.[Cu]. The topological polar surface area (TPSA) is 74.6 Å². The van der Waals surface area contributed by atoms with Crippen molar-refractivity contribution < 1.29 is 35.1 Å². The summed E-state index contributed by atoms with van der Waals surface area (Å²) >= 11 is 0. The predicted octanol–water partition coefficient (Wildman–Crippen LogP) is 0.636. The van der Waals surface area contributed by atoms with Gasteiger partial charge in [0.1, 0.15) is 5.75 Å². The summed E-state index contributed by atoms with van der Waals surface area (Å²) in [5.41, 5.74) is 0. The molecule has 0 unspecified atom stereocenters. The fraction of sp³-hybridized carbons (Fsp3) is 0. The molecule has 1 aromatic rings. The first-order valence-electron chi connectivity index (χ1n) is 2.77. The minimum absolute atomic E-state index is 0. The van der Waals surface area contributed by atoms with Crippen molar-refractivity contribution in [1.82, 2.24) is 0 Å². The van der Waals surface area contributed by atoms with Gasteiger partial charge in [0, 0.05) is 17.1 Å². The number of rotatable bonds is 1. The van der Waals surface area contributed by atoms with Crippen molar-refractivity contribution in [1.29, 1.82) is 0 Å². The van der Waals surface area contributed by atoms with Crippen molar-refractivity contribution in [3.63, 3.8) is 0 Å². The van der Waals surface area contributed by atoms with Gasteiger partial charge in [-0.1, -0.05) is 0 Å². The van der Waals surface area contributed by atoms with E-state index in [0.717, 1.165) is 12.1 Å². The van der Waals surface area contributed by atoms with Crippen LogP contribution >= 0.6 is 0 Å². The Balaban J connectivity index is 0.00000121. The van der Waals surface area contributed by atoms with Crippen molar-refractivity contribution in [2.45, 2.75) is 4.90 Å². The maximum absolute atomic E-state index is 10.4. The molecular formula is C6H6CuO4S. The largest absolute Gasteiger partial charge is 0.508 e. The third kappa shape index (κ3) is 2.83. The van der Waals surface area contributed by atoms with Crippen LogP contribution in [-0.2, 0) is 27.2 Å². The zero-order valence-corrected chi connectivity index (χ0v) is 7.49. The molecule has 71 valence electrons. The number of phenolic OH excluding ortho intramolecular Hbond substituents is 1. The van der Waals surface area contributed by atoms with Crippen LogP contribution in [0.4, 0.5) is 0 Å². The van der Waals surface area contributed by atoms with E-state index in [-0.39, 0.29) is 27.7 Å². The van der Waals surface area contributed by atoms with Crippen LogP contribution in [-0.4, -0.2) is 18.1 Å². The first-order valence-corrected chi connectivity index (χ1v) is 4.21. The third-order valence-corrected chi connectivity index (χ3v) is 2.00. The van der Waals surface area contributed by atoms with E-state index < -0.39 is 10.1 Å². The Morgan fingerprint density at radius 1 is 1.08 bits per heavy atom. The van der Waals surface area contributed by atoms with Gasteiger partial charge >= 0.3 is 0 Å². The van der Waals surface area contributed by atoms with Crippen LogP contribution in [0.15, 0.2) is 29.2 Å². The van der Waals surface area contributed by atoms with Gasteiger partial charge < -0.3 is 5.11 Å². The van der Waals surface area contributed by atoms with E-state index in [0.29, 0.717) is 0 Å². The molecule has 6 heteroatoms. The van der Waals surface area contributed by atoms with E-state index in [1.54, 1.807) is 0 Å². The molecule has 0 aliphatic carbocycles. The molecule has 0 amide bonds. The van der Waals surface area contributed by atoms with Crippen molar-refractivity contribution in [2.75, 3.05) is 0 Å². The van der Waals surface area contributed by atoms with Gasteiger partial charge in [0.25, 0.3) is 10.1 Å². The van der Waals surface area contributed by atoms with Crippen molar-refractivity contribution in [2.24, 2.45) is 0 Å². The molecule has 1 radical (unpaired) electrons. The van der Waals surface area contributed by atoms with Crippen LogP contribution < -0.4 is 0 Å². The first kappa shape index (κ1) is 11.4. The molecule has 1 rings (SSSR count). The van der Waals surface area contributed by atoms with Crippen LogP contribution in [0.5, 0.6) is 5.75 Å². The van der Waals surface area contributed by atoms with E-state index in [4.69, 9.17) is 9.66 Å².